The Morgan fingerprint density at radius 2 is 0.738 bits per heavy atom. The number of nitrogens with zero attached hydrogens (tertiary/aromatic N) is 5. The third kappa shape index (κ3) is 17.6. The number of amides is 1. The van der Waals surface area contributed by atoms with Crippen LogP contribution in [0.4, 0.5) is 0 Å². The van der Waals surface area contributed by atoms with Gasteiger partial charge in [-0.2, -0.15) is 0 Å². The van der Waals surface area contributed by atoms with Gasteiger partial charge in [-0.25, -0.2) is 0 Å². The highest BCUT2D eigenvalue weighted by Gasteiger charge is 2.24. The summed E-state index contributed by atoms with van der Waals surface area (Å²) in [6.45, 7) is 9.40. The van der Waals surface area contributed by atoms with E-state index in [1.807, 2.05) is 109 Å². The molecule has 16 nitrogen and oxygen atoms in total. The fourth-order valence-corrected chi connectivity index (χ4v) is 10.9. The van der Waals surface area contributed by atoms with E-state index in [0.29, 0.717) is 68.0 Å². The van der Waals surface area contributed by atoms with Crippen molar-refractivity contribution in [2.45, 2.75) is 109 Å². The minimum absolute atomic E-state index is 0.0191. The zero-order chi connectivity index (χ0) is 58.5. The zero-order valence-electron chi connectivity index (χ0n) is 47.8. The van der Waals surface area contributed by atoms with E-state index < -0.39 is 5.56 Å². The second-order valence-corrected chi connectivity index (χ2v) is 22.0. The van der Waals surface area contributed by atoms with Crippen LogP contribution in [0.2, 0.25) is 0 Å². The summed E-state index contributed by atoms with van der Waals surface area (Å²) in [5.41, 5.74) is 6.46. The minimum atomic E-state index is -0.423. The molecule has 2 atom stereocenters. The number of hydrogen-bond acceptors (Lipinski definition) is 12. The number of piperidine rings is 1. The summed E-state index contributed by atoms with van der Waals surface area (Å²) < 4.78 is 4.58. The van der Waals surface area contributed by atoms with E-state index in [-0.39, 0.29) is 46.9 Å². The largest absolute Gasteiger partial charge is 0.503 e. The van der Waals surface area contributed by atoms with Crippen LogP contribution in [-0.2, 0) is 57.2 Å². The first-order valence-corrected chi connectivity index (χ1v) is 29.4. The lowest BCUT2D eigenvalue weighted by molar-refractivity contribution is -0.122. The molecule has 5 aromatic carbocycles. The summed E-state index contributed by atoms with van der Waals surface area (Å²) in [4.78, 5) is 54.3. The quantitative estimate of drug-likeness (QED) is 0.0418. The standard InChI is InChI=1S/C25H29N3O2.C24H27N3O2.C19H23N3O3/c29-24-22(11-16-28(25(24)30)19-21-9-5-2-6-10-21)17-26-23-12-14-27(15-13-23)18-20-7-3-1-4-8-20;28-23-21(11-14-27(24(23)29)17-20-9-5-2-6-10-20)15-25-22-12-13-26(18-22)16-19-7-3-1-4-8-19;23-17-15(12-21-16-8-4-5-10-20-18(16)24)9-11-22(19(17)25)13-14-6-2-1-3-7-14/h1-11,16,23,26,29H,12-15,17-19H2;1-11,14,22,25,28H,12-13,15-18H2;1-3,6-7,9,11,16,21,23H,4-5,8,10,12-13H2,(H,20,24). The predicted octanol–water partition coefficient (Wildman–Crippen LogP) is 7.68. The number of rotatable bonds is 19. The molecule has 438 valence electrons. The molecule has 0 aliphatic carbocycles. The molecule has 2 unspecified atom stereocenters. The number of likely N-dealkylation sites (tertiary alicyclic amines) is 2. The number of benzene rings is 5. The van der Waals surface area contributed by atoms with E-state index >= 15 is 0 Å². The normalized spacial score (nSPS) is 16.6. The van der Waals surface area contributed by atoms with E-state index in [2.05, 4.69) is 85.7 Å². The highest BCUT2D eigenvalue weighted by atomic mass is 16.3. The lowest BCUT2D eigenvalue weighted by Crippen LogP contribution is -2.42. The maximum atomic E-state index is 12.5. The van der Waals surface area contributed by atoms with Gasteiger partial charge < -0.3 is 50.3 Å². The minimum Gasteiger partial charge on any atom is -0.503 e. The fourth-order valence-electron chi connectivity index (χ4n) is 10.9. The summed E-state index contributed by atoms with van der Waals surface area (Å²) >= 11 is 0. The molecule has 0 radical (unpaired) electrons. The first-order chi connectivity index (χ1) is 41.0. The second kappa shape index (κ2) is 30.8. The monoisotopic (exact) mass is 1130 g/mol. The molecule has 0 saturated carbocycles. The molecule has 3 aliphatic rings. The van der Waals surface area contributed by atoms with Gasteiger partial charge in [-0.15, -0.1) is 0 Å². The Labute approximate surface area is 491 Å². The van der Waals surface area contributed by atoms with Crippen molar-refractivity contribution in [3.63, 3.8) is 0 Å². The van der Waals surface area contributed by atoms with Crippen molar-refractivity contribution >= 4 is 5.91 Å². The first kappa shape index (κ1) is 60.2. The molecule has 3 aromatic heterocycles. The number of carbonyl (C=O) groups excluding carboxylic acids is 1. The van der Waals surface area contributed by atoms with Crippen LogP contribution in [0.25, 0.3) is 0 Å². The van der Waals surface area contributed by atoms with Gasteiger partial charge in [0.2, 0.25) is 5.91 Å². The molecule has 11 rings (SSSR count). The Kier molecular flexibility index (Phi) is 22.1. The third-order valence-electron chi connectivity index (χ3n) is 15.9. The average molecular weight is 1130 g/mol. The Balaban J connectivity index is 0.000000152. The average Bonchev–Trinajstić information content (AvgIpc) is 3.97. The van der Waals surface area contributed by atoms with Gasteiger partial charge in [-0.3, -0.25) is 29.0 Å². The van der Waals surface area contributed by atoms with Crippen molar-refractivity contribution in [1.29, 1.82) is 0 Å². The van der Waals surface area contributed by atoms with Crippen LogP contribution in [0.5, 0.6) is 17.2 Å². The van der Waals surface area contributed by atoms with Crippen LogP contribution < -0.4 is 37.9 Å². The first-order valence-electron chi connectivity index (χ1n) is 29.4. The summed E-state index contributed by atoms with van der Waals surface area (Å²) in [6.07, 6.45) is 11.1. The van der Waals surface area contributed by atoms with Crippen LogP contribution in [0, 0.1) is 0 Å². The van der Waals surface area contributed by atoms with Crippen LogP contribution in [0.15, 0.2) is 203 Å². The van der Waals surface area contributed by atoms with Gasteiger partial charge in [-0.05, 0) is 97.6 Å². The van der Waals surface area contributed by atoms with Crippen molar-refractivity contribution in [2.24, 2.45) is 0 Å². The Bertz CT molecular complexity index is 3500. The number of carbonyl (C=O) groups is 1. The van der Waals surface area contributed by atoms with Gasteiger partial charge in [0, 0.05) is 99.7 Å². The summed E-state index contributed by atoms with van der Waals surface area (Å²) in [5, 5.41) is 44.1. The summed E-state index contributed by atoms with van der Waals surface area (Å²) in [7, 11) is 0. The van der Waals surface area contributed by atoms with Crippen molar-refractivity contribution in [2.75, 3.05) is 32.7 Å². The number of nitrogens with one attached hydrogen (secondary N) is 4. The molecule has 3 saturated heterocycles. The van der Waals surface area contributed by atoms with Crippen molar-refractivity contribution in [3.8, 4) is 17.2 Å². The van der Waals surface area contributed by atoms with Crippen molar-refractivity contribution in [3.05, 3.63) is 264 Å². The molecule has 3 aliphatic heterocycles. The Hall–Kier alpha value is -8.38. The van der Waals surface area contributed by atoms with Crippen molar-refractivity contribution in [1.82, 2.24) is 44.8 Å². The van der Waals surface area contributed by atoms with Crippen LogP contribution in [0.3, 0.4) is 0 Å². The zero-order valence-corrected chi connectivity index (χ0v) is 47.8. The SMILES string of the molecule is O=C1NCCCCC1NCc1ccn(Cc2ccccc2)c(=O)c1O.O=c1c(O)c(CNC2CCN(Cc3ccccc3)C2)ccn1Cc1ccccc1.O=c1c(O)c(CNC2CCN(Cc3ccccc3)CC2)ccn1Cc1ccccc1. The smallest absolute Gasteiger partial charge is 0.293 e. The number of hydrogen-bond donors (Lipinski definition) is 7. The van der Waals surface area contributed by atoms with Gasteiger partial charge in [-0.1, -0.05) is 152 Å². The topological polar surface area (TPSA) is 198 Å². The van der Waals surface area contributed by atoms with Gasteiger partial charge in [0.1, 0.15) is 0 Å². The fraction of sp³-hybridized carbons (Fsp3) is 0.324. The molecule has 3 fully saturated rings. The second-order valence-electron chi connectivity index (χ2n) is 22.0. The highest BCUT2D eigenvalue weighted by molar-refractivity contribution is 5.81. The highest BCUT2D eigenvalue weighted by Crippen LogP contribution is 2.20. The van der Waals surface area contributed by atoms with Crippen molar-refractivity contribution < 1.29 is 20.1 Å². The maximum absolute atomic E-state index is 12.5. The van der Waals surface area contributed by atoms with Crippen LogP contribution in [0.1, 0.15) is 83.0 Å². The molecule has 0 bridgehead atoms. The van der Waals surface area contributed by atoms with Gasteiger partial charge >= 0.3 is 0 Å². The third-order valence-corrected chi connectivity index (χ3v) is 15.9. The molecular weight excluding hydrogens is 1050 g/mol. The molecule has 0 spiro atoms. The Morgan fingerprint density at radius 3 is 1.15 bits per heavy atom. The number of aromatic nitrogens is 3. The van der Waals surface area contributed by atoms with Crippen LogP contribution >= 0.6 is 0 Å². The molecule has 7 N–H and O–H groups in total. The maximum Gasteiger partial charge on any atom is 0.293 e. The van der Waals surface area contributed by atoms with Crippen LogP contribution in [-0.4, -0.2) is 95.6 Å². The van der Waals surface area contributed by atoms with E-state index in [1.54, 1.807) is 33.8 Å². The van der Waals surface area contributed by atoms with E-state index in [4.69, 9.17) is 0 Å². The molecule has 1 amide bonds. The predicted molar refractivity (Wildman–Crippen MR) is 330 cm³/mol. The lowest BCUT2D eigenvalue weighted by Gasteiger charge is -2.32. The van der Waals surface area contributed by atoms with Gasteiger partial charge in [0.15, 0.2) is 17.2 Å². The van der Waals surface area contributed by atoms with E-state index in [9.17, 15) is 34.5 Å². The van der Waals surface area contributed by atoms with Gasteiger partial charge in [0.25, 0.3) is 16.7 Å². The number of aromatic hydroxyl groups is 3. The Morgan fingerprint density at radius 1 is 0.393 bits per heavy atom. The van der Waals surface area contributed by atoms with E-state index in [1.165, 1.54) is 15.7 Å². The number of pyridine rings is 3. The molecular formula is C68H79N9O7. The molecule has 8 aromatic rings. The molecule has 6 heterocycles. The molecule has 84 heavy (non-hydrogen) atoms. The lowest BCUT2D eigenvalue weighted by atomic mass is 10.0. The van der Waals surface area contributed by atoms with E-state index in [0.717, 1.165) is 94.5 Å². The van der Waals surface area contributed by atoms with Gasteiger partial charge in [0.05, 0.1) is 25.7 Å². The molecule has 16 heteroatoms. The summed E-state index contributed by atoms with van der Waals surface area (Å²) in [6, 6.07) is 56.2. The summed E-state index contributed by atoms with van der Waals surface area (Å²) in [5.74, 6) is -0.591.